The van der Waals surface area contributed by atoms with E-state index < -0.39 is 0 Å². The fourth-order valence-electron chi connectivity index (χ4n) is 0.942. The van der Waals surface area contributed by atoms with Gasteiger partial charge in [0, 0.05) is 5.70 Å². The fraction of sp³-hybridized carbons (Fsp3) is 0.429. The van der Waals surface area contributed by atoms with Crippen LogP contribution in [-0.4, -0.2) is 0 Å². The topological polar surface area (TPSA) is 52.0 Å². The summed E-state index contributed by atoms with van der Waals surface area (Å²) in [6.45, 7) is 1.99. The van der Waals surface area contributed by atoms with Crippen molar-refractivity contribution in [3.63, 3.8) is 0 Å². The van der Waals surface area contributed by atoms with Gasteiger partial charge in [0.2, 0.25) is 0 Å². The van der Waals surface area contributed by atoms with Gasteiger partial charge in [-0.1, -0.05) is 6.08 Å². The Hall–Kier alpha value is -0.920. The molecule has 2 heteroatoms. The minimum Gasteiger partial charge on any atom is -0.400 e. The molecule has 0 spiro atoms. The number of hydrogen-bond donors (Lipinski definition) is 2. The molecule has 0 aromatic rings. The quantitative estimate of drug-likeness (QED) is 0.503. The van der Waals surface area contributed by atoms with Crippen LogP contribution in [0.4, 0.5) is 0 Å². The Kier molecular flexibility index (Phi) is 1.47. The maximum absolute atomic E-state index is 5.61. The minimum atomic E-state index is 0.779. The molecule has 50 valence electrons. The lowest BCUT2D eigenvalue weighted by atomic mass is 10.0. The van der Waals surface area contributed by atoms with Gasteiger partial charge in [0.1, 0.15) is 0 Å². The second kappa shape index (κ2) is 2.13. The van der Waals surface area contributed by atoms with Crippen LogP contribution in [0.3, 0.4) is 0 Å². The summed E-state index contributed by atoms with van der Waals surface area (Å²) in [5, 5.41) is 0. The molecule has 0 aliphatic heterocycles. The van der Waals surface area contributed by atoms with Crippen LogP contribution in [0.1, 0.15) is 19.8 Å². The van der Waals surface area contributed by atoms with E-state index >= 15 is 0 Å². The van der Waals surface area contributed by atoms with E-state index in [2.05, 4.69) is 6.08 Å². The number of allylic oxidation sites excluding steroid dienone is 3. The van der Waals surface area contributed by atoms with Crippen molar-refractivity contribution < 1.29 is 0 Å². The molecule has 0 radical (unpaired) electrons. The summed E-state index contributed by atoms with van der Waals surface area (Å²) in [7, 11) is 0. The van der Waals surface area contributed by atoms with E-state index in [1.54, 1.807) is 0 Å². The predicted octanol–water partition coefficient (Wildman–Crippen LogP) is 0.856. The summed E-state index contributed by atoms with van der Waals surface area (Å²) in [6, 6.07) is 0. The standard InChI is InChI=1S/C7H12N2/c1-5-3-2-4-6(8)7(5)9/h3H,2,4,8-9H2,1H3. The molecule has 0 saturated carbocycles. The van der Waals surface area contributed by atoms with Gasteiger partial charge in [0.25, 0.3) is 0 Å². The van der Waals surface area contributed by atoms with Gasteiger partial charge in [-0.3, -0.25) is 0 Å². The van der Waals surface area contributed by atoms with Gasteiger partial charge in [0.15, 0.2) is 0 Å². The first-order valence-corrected chi connectivity index (χ1v) is 3.13. The van der Waals surface area contributed by atoms with Crippen LogP contribution in [0, 0.1) is 0 Å². The lowest BCUT2D eigenvalue weighted by Crippen LogP contribution is -2.13. The van der Waals surface area contributed by atoms with E-state index in [1.807, 2.05) is 6.92 Å². The summed E-state index contributed by atoms with van der Waals surface area (Å²) >= 11 is 0. The molecule has 0 bridgehead atoms. The van der Waals surface area contributed by atoms with Gasteiger partial charge in [0.05, 0.1) is 5.70 Å². The van der Waals surface area contributed by atoms with Crippen LogP contribution in [-0.2, 0) is 0 Å². The summed E-state index contributed by atoms with van der Waals surface area (Å²) in [5.74, 6) is 0. The molecule has 0 saturated heterocycles. The Morgan fingerprint density at radius 2 is 2.11 bits per heavy atom. The predicted molar refractivity (Wildman–Crippen MR) is 38.4 cm³/mol. The lowest BCUT2D eigenvalue weighted by molar-refractivity contribution is 0.895. The van der Waals surface area contributed by atoms with E-state index in [9.17, 15) is 0 Å². The van der Waals surface area contributed by atoms with Gasteiger partial charge in [-0.15, -0.1) is 0 Å². The lowest BCUT2D eigenvalue weighted by Gasteiger charge is -2.11. The van der Waals surface area contributed by atoms with E-state index in [1.165, 1.54) is 0 Å². The molecule has 0 unspecified atom stereocenters. The van der Waals surface area contributed by atoms with Crippen molar-refractivity contribution in [2.45, 2.75) is 19.8 Å². The molecule has 1 rings (SSSR count). The van der Waals surface area contributed by atoms with Crippen molar-refractivity contribution >= 4 is 0 Å². The molecule has 0 heterocycles. The van der Waals surface area contributed by atoms with E-state index in [0.29, 0.717) is 0 Å². The number of hydrogen-bond acceptors (Lipinski definition) is 2. The monoisotopic (exact) mass is 124 g/mol. The molecule has 0 fully saturated rings. The largest absolute Gasteiger partial charge is 0.400 e. The van der Waals surface area contributed by atoms with Gasteiger partial charge < -0.3 is 11.5 Å². The molecule has 1 aliphatic carbocycles. The third kappa shape index (κ3) is 1.07. The molecule has 0 aromatic carbocycles. The second-order valence-electron chi connectivity index (χ2n) is 2.36. The van der Waals surface area contributed by atoms with Gasteiger partial charge in [-0.25, -0.2) is 0 Å². The zero-order valence-electron chi connectivity index (χ0n) is 5.65. The van der Waals surface area contributed by atoms with E-state index in [0.717, 1.165) is 29.8 Å². The van der Waals surface area contributed by atoms with Crippen molar-refractivity contribution in [3.8, 4) is 0 Å². The molecule has 9 heavy (non-hydrogen) atoms. The highest BCUT2D eigenvalue weighted by molar-refractivity contribution is 5.32. The third-order valence-electron chi connectivity index (χ3n) is 1.63. The Balaban J connectivity index is 2.88. The van der Waals surface area contributed by atoms with Crippen LogP contribution < -0.4 is 11.5 Å². The third-order valence-corrected chi connectivity index (χ3v) is 1.63. The van der Waals surface area contributed by atoms with Gasteiger partial charge >= 0.3 is 0 Å². The van der Waals surface area contributed by atoms with Crippen molar-refractivity contribution in [2.75, 3.05) is 0 Å². The average Bonchev–Trinajstić information content (AvgIpc) is 1.83. The SMILES string of the molecule is CC1=CCCC(N)=C1N. The second-order valence-corrected chi connectivity index (χ2v) is 2.36. The number of nitrogens with two attached hydrogens (primary N) is 2. The first-order valence-electron chi connectivity index (χ1n) is 3.13. The zero-order chi connectivity index (χ0) is 6.85. The molecule has 1 aliphatic rings. The smallest absolute Gasteiger partial charge is 0.0531 e. The normalized spacial score (nSPS) is 19.9. The molecule has 0 atom stereocenters. The Labute approximate surface area is 55.2 Å². The molecule has 0 amide bonds. The first-order chi connectivity index (χ1) is 4.22. The van der Waals surface area contributed by atoms with Crippen molar-refractivity contribution in [2.24, 2.45) is 11.5 Å². The van der Waals surface area contributed by atoms with E-state index in [4.69, 9.17) is 11.5 Å². The summed E-state index contributed by atoms with van der Waals surface area (Å²) in [5.41, 5.74) is 13.9. The summed E-state index contributed by atoms with van der Waals surface area (Å²) in [4.78, 5) is 0. The molecular weight excluding hydrogens is 112 g/mol. The minimum absolute atomic E-state index is 0.779. The van der Waals surface area contributed by atoms with Gasteiger partial charge in [-0.2, -0.15) is 0 Å². The van der Waals surface area contributed by atoms with Crippen LogP contribution in [0.25, 0.3) is 0 Å². The zero-order valence-corrected chi connectivity index (χ0v) is 5.65. The Morgan fingerprint density at radius 1 is 1.44 bits per heavy atom. The fourth-order valence-corrected chi connectivity index (χ4v) is 0.942. The van der Waals surface area contributed by atoms with Crippen molar-refractivity contribution in [3.05, 3.63) is 23.0 Å². The van der Waals surface area contributed by atoms with Crippen molar-refractivity contribution in [1.82, 2.24) is 0 Å². The van der Waals surface area contributed by atoms with Crippen LogP contribution in [0.5, 0.6) is 0 Å². The number of rotatable bonds is 0. The van der Waals surface area contributed by atoms with Crippen LogP contribution in [0.2, 0.25) is 0 Å². The van der Waals surface area contributed by atoms with Crippen molar-refractivity contribution in [1.29, 1.82) is 0 Å². The molecule has 2 nitrogen and oxygen atoms in total. The molecule has 4 N–H and O–H groups in total. The highest BCUT2D eigenvalue weighted by Crippen LogP contribution is 2.16. The maximum Gasteiger partial charge on any atom is 0.0531 e. The van der Waals surface area contributed by atoms with Gasteiger partial charge in [-0.05, 0) is 25.3 Å². The maximum atomic E-state index is 5.61. The summed E-state index contributed by atoms with van der Waals surface area (Å²) in [6.07, 6.45) is 4.08. The summed E-state index contributed by atoms with van der Waals surface area (Å²) < 4.78 is 0. The Morgan fingerprint density at radius 3 is 2.56 bits per heavy atom. The Bertz CT molecular complexity index is 177. The van der Waals surface area contributed by atoms with E-state index in [-0.39, 0.29) is 0 Å². The highest BCUT2D eigenvalue weighted by Gasteiger charge is 2.04. The molecular formula is C7H12N2. The van der Waals surface area contributed by atoms with Crippen LogP contribution in [0.15, 0.2) is 23.0 Å². The van der Waals surface area contributed by atoms with Crippen LogP contribution >= 0.6 is 0 Å². The highest BCUT2D eigenvalue weighted by atomic mass is 14.7. The average molecular weight is 124 g/mol. The molecule has 0 aromatic heterocycles. The first kappa shape index (κ1) is 6.20.